The highest BCUT2D eigenvalue weighted by molar-refractivity contribution is 7.99. The maximum Gasteiger partial charge on any atom is 0.225 e. The number of nitriles is 1. The van der Waals surface area contributed by atoms with Gasteiger partial charge in [-0.15, -0.1) is 10.2 Å². The van der Waals surface area contributed by atoms with Crippen LogP contribution in [0.25, 0.3) is 11.4 Å². The van der Waals surface area contributed by atoms with Crippen molar-refractivity contribution in [1.29, 1.82) is 5.26 Å². The second kappa shape index (κ2) is 10.4. The SMILES string of the molecule is N#Cc1ccccc1NC(=O)CCSc1nnc(-c2cccnc2)n1Cc1ccccc1. The number of hydrogen-bond donors (Lipinski definition) is 1. The van der Waals surface area contributed by atoms with Crippen LogP contribution in [0.2, 0.25) is 0 Å². The van der Waals surface area contributed by atoms with E-state index in [0.29, 0.717) is 23.5 Å². The molecule has 7 nitrogen and oxygen atoms in total. The Hall–Kier alpha value is -3.96. The average Bonchev–Trinajstić information content (AvgIpc) is 3.23. The van der Waals surface area contributed by atoms with Gasteiger partial charge >= 0.3 is 0 Å². The number of carbonyl (C=O) groups is 1. The van der Waals surface area contributed by atoms with Gasteiger partial charge in [-0.05, 0) is 29.8 Å². The normalized spacial score (nSPS) is 10.5. The molecule has 0 spiro atoms. The minimum Gasteiger partial charge on any atom is -0.325 e. The Morgan fingerprint density at radius 3 is 2.62 bits per heavy atom. The van der Waals surface area contributed by atoms with Crippen molar-refractivity contribution in [2.45, 2.75) is 18.1 Å². The van der Waals surface area contributed by atoms with Crippen LogP contribution in [-0.4, -0.2) is 31.4 Å². The van der Waals surface area contributed by atoms with Crippen LogP contribution in [0.15, 0.2) is 84.3 Å². The van der Waals surface area contributed by atoms with Gasteiger partial charge in [-0.2, -0.15) is 5.26 Å². The second-order valence-corrected chi connectivity index (χ2v) is 7.99. The number of nitrogens with zero attached hydrogens (tertiary/aromatic N) is 5. The molecule has 4 rings (SSSR count). The molecule has 32 heavy (non-hydrogen) atoms. The smallest absolute Gasteiger partial charge is 0.225 e. The van der Waals surface area contributed by atoms with Crippen LogP contribution >= 0.6 is 11.8 Å². The molecule has 0 fully saturated rings. The molecule has 0 saturated heterocycles. The summed E-state index contributed by atoms with van der Waals surface area (Å²) in [5, 5.41) is 21.5. The summed E-state index contributed by atoms with van der Waals surface area (Å²) in [6, 6.07) is 23.0. The third-order valence-electron chi connectivity index (χ3n) is 4.70. The zero-order chi connectivity index (χ0) is 22.2. The number of rotatable bonds is 8. The van der Waals surface area contributed by atoms with Crippen LogP contribution in [-0.2, 0) is 11.3 Å². The largest absolute Gasteiger partial charge is 0.325 e. The molecule has 0 aliphatic carbocycles. The van der Waals surface area contributed by atoms with Gasteiger partial charge in [0.15, 0.2) is 11.0 Å². The molecular formula is C24H20N6OS. The number of nitrogens with one attached hydrogen (secondary N) is 1. The maximum absolute atomic E-state index is 12.4. The fourth-order valence-corrected chi connectivity index (χ4v) is 4.03. The van der Waals surface area contributed by atoms with Crippen molar-refractivity contribution in [3.05, 3.63) is 90.3 Å². The molecule has 0 bridgehead atoms. The summed E-state index contributed by atoms with van der Waals surface area (Å²) in [7, 11) is 0. The van der Waals surface area contributed by atoms with E-state index >= 15 is 0 Å². The van der Waals surface area contributed by atoms with Crippen LogP contribution in [0.4, 0.5) is 5.69 Å². The molecule has 0 aliphatic rings. The van der Waals surface area contributed by atoms with Crippen molar-refractivity contribution >= 4 is 23.4 Å². The molecule has 2 aromatic carbocycles. The molecule has 0 radical (unpaired) electrons. The van der Waals surface area contributed by atoms with Gasteiger partial charge in [0, 0.05) is 30.1 Å². The quantitative estimate of drug-likeness (QED) is 0.409. The Morgan fingerprint density at radius 2 is 1.84 bits per heavy atom. The van der Waals surface area contributed by atoms with E-state index in [1.807, 2.05) is 34.9 Å². The first-order chi connectivity index (χ1) is 15.7. The number of anilines is 1. The Kier molecular flexibility index (Phi) is 6.90. The number of carbonyl (C=O) groups excluding carboxylic acids is 1. The van der Waals surface area contributed by atoms with E-state index in [4.69, 9.17) is 0 Å². The highest BCUT2D eigenvalue weighted by Gasteiger charge is 2.16. The second-order valence-electron chi connectivity index (χ2n) is 6.92. The first-order valence-corrected chi connectivity index (χ1v) is 11.0. The number of thioether (sulfide) groups is 1. The van der Waals surface area contributed by atoms with E-state index in [1.165, 1.54) is 11.8 Å². The lowest BCUT2D eigenvalue weighted by Gasteiger charge is -2.10. The highest BCUT2D eigenvalue weighted by Crippen LogP contribution is 2.25. The summed E-state index contributed by atoms with van der Waals surface area (Å²) in [6.07, 6.45) is 3.77. The van der Waals surface area contributed by atoms with Crippen molar-refractivity contribution in [1.82, 2.24) is 19.7 Å². The van der Waals surface area contributed by atoms with Gasteiger partial charge in [-0.1, -0.05) is 54.2 Å². The Morgan fingerprint density at radius 1 is 1.03 bits per heavy atom. The lowest BCUT2D eigenvalue weighted by Crippen LogP contribution is -2.13. The zero-order valence-electron chi connectivity index (χ0n) is 17.2. The van der Waals surface area contributed by atoms with Crippen molar-refractivity contribution in [2.75, 3.05) is 11.1 Å². The van der Waals surface area contributed by atoms with E-state index in [2.05, 4.69) is 38.7 Å². The van der Waals surface area contributed by atoms with Gasteiger partial charge in [0.2, 0.25) is 5.91 Å². The van der Waals surface area contributed by atoms with Crippen molar-refractivity contribution in [3.63, 3.8) is 0 Å². The predicted molar refractivity (Wildman–Crippen MR) is 124 cm³/mol. The maximum atomic E-state index is 12.4. The third-order valence-corrected chi connectivity index (χ3v) is 5.67. The van der Waals surface area contributed by atoms with E-state index in [1.54, 1.807) is 36.7 Å². The van der Waals surface area contributed by atoms with Crippen LogP contribution in [0.1, 0.15) is 17.5 Å². The Balaban J connectivity index is 1.47. The van der Waals surface area contributed by atoms with Crippen LogP contribution < -0.4 is 5.32 Å². The summed E-state index contributed by atoms with van der Waals surface area (Å²) in [5.41, 5.74) is 2.98. The van der Waals surface area contributed by atoms with Gasteiger partial charge < -0.3 is 5.32 Å². The number of hydrogen-bond acceptors (Lipinski definition) is 6. The van der Waals surface area contributed by atoms with Crippen molar-refractivity contribution in [3.8, 4) is 17.5 Å². The van der Waals surface area contributed by atoms with Gasteiger partial charge in [0.25, 0.3) is 0 Å². The molecule has 158 valence electrons. The molecule has 4 aromatic rings. The fraction of sp³-hybridized carbons (Fsp3) is 0.125. The first-order valence-electron chi connectivity index (χ1n) is 10.0. The van der Waals surface area contributed by atoms with Crippen molar-refractivity contribution < 1.29 is 4.79 Å². The number of aromatic nitrogens is 4. The molecule has 2 aromatic heterocycles. The van der Waals surface area contributed by atoms with E-state index in [0.717, 1.165) is 22.1 Å². The van der Waals surface area contributed by atoms with E-state index < -0.39 is 0 Å². The van der Waals surface area contributed by atoms with Crippen LogP contribution in [0.3, 0.4) is 0 Å². The molecule has 0 unspecified atom stereocenters. The lowest BCUT2D eigenvalue weighted by molar-refractivity contribution is -0.115. The fourth-order valence-electron chi connectivity index (χ4n) is 3.15. The first kappa shape index (κ1) is 21.3. The molecule has 1 amide bonds. The minimum atomic E-state index is -0.151. The third kappa shape index (κ3) is 5.20. The van der Waals surface area contributed by atoms with Crippen molar-refractivity contribution in [2.24, 2.45) is 0 Å². The lowest BCUT2D eigenvalue weighted by atomic mass is 10.2. The summed E-state index contributed by atoms with van der Waals surface area (Å²) >= 11 is 1.47. The summed E-state index contributed by atoms with van der Waals surface area (Å²) in [5.74, 6) is 1.11. The number of benzene rings is 2. The summed E-state index contributed by atoms with van der Waals surface area (Å²) in [4.78, 5) is 16.6. The summed E-state index contributed by atoms with van der Waals surface area (Å²) < 4.78 is 2.04. The van der Waals surface area contributed by atoms with Gasteiger partial charge in [-0.25, -0.2) is 0 Å². The molecule has 1 N–H and O–H groups in total. The van der Waals surface area contributed by atoms with Gasteiger partial charge in [-0.3, -0.25) is 14.3 Å². The van der Waals surface area contributed by atoms with Gasteiger partial charge in [0.1, 0.15) is 6.07 Å². The van der Waals surface area contributed by atoms with Gasteiger partial charge in [0.05, 0.1) is 17.8 Å². The monoisotopic (exact) mass is 440 g/mol. The van der Waals surface area contributed by atoms with E-state index in [-0.39, 0.29) is 12.3 Å². The standard InChI is InChI=1S/C24H20N6OS/c25-15-19-9-4-5-11-21(19)27-22(31)12-14-32-24-29-28-23(20-10-6-13-26-16-20)30(24)17-18-7-2-1-3-8-18/h1-11,13,16H,12,14,17H2,(H,27,31). The molecule has 0 atom stereocenters. The highest BCUT2D eigenvalue weighted by atomic mass is 32.2. The molecule has 8 heteroatoms. The predicted octanol–water partition coefficient (Wildman–Crippen LogP) is 4.38. The molecule has 0 saturated carbocycles. The van der Waals surface area contributed by atoms with E-state index in [9.17, 15) is 10.1 Å². The Labute approximate surface area is 190 Å². The average molecular weight is 441 g/mol. The number of amides is 1. The number of pyridine rings is 1. The zero-order valence-corrected chi connectivity index (χ0v) is 18.0. The molecule has 0 aliphatic heterocycles. The van der Waals surface area contributed by atoms with Crippen LogP contribution in [0.5, 0.6) is 0 Å². The van der Waals surface area contributed by atoms with Crippen LogP contribution in [0, 0.1) is 11.3 Å². The molecule has 2 heterocycles. The number of para-hydroxylation sites is 1. The summed E-state index contributed by atoms with van der Waals surface area (Å²) in [6.45, 7) is 0.613. The molecular weight excluding hydrogens is 420 g/mol. The minimum absolute atomic E-state index is 0.151. The topological polar surface area (TPSA) is 96.5 Å². The Bertz CT molecular complexity index is 1230.